The van der Waals surface area contributed by atoms with Gasteiger partial charge in [-0.05, 0) is 12.1 Å². The third-order valence-electron chi connectivity index (χ3n) is 2.30. The Labute approximate surface area is 107 Å². The Kier molecular flexibility index (Phi) is 3.33. The summed E-state index contributed by atoms with van der Waals surface area (Å²) in [7, 11) is 0. The maximum Gasteiger partial charge on any atom is 0.274 e. The lowest BCUT2D eigenvalue weighted by Crippen LogP contribution is -1.96. The van der Waals surface area contributed by atoms with Crippen molar-refractivity contribution in [2.75, 3.05) is 5.32 Å². The van der Waals surface area contributed by atoms with E-state index >= 15 is 0 Å². The van der Waals surface area contributed by atoms with Gasteiger partial charge in [0.2, 0.25) is 0 Å². The highest BCUT2D eigenvalue weighted by Gasteiger charge is 2.08. The lowest BCUT2D eigenvalue weighted by molar-refractivity contribution is -0.385. The van der Waals surface area contributed by atoms with Crippen molar-refractivity contribution in [1.29, 1.82) is 0 Å². The van der Waals surface area contributed by atoms with Gasteiger partial charge in [-0.15, -0.1) is 0 Å². The van der Waals surface area contributed by atoms with E-state index in [1.807, 2.05) is 0 Å². The molecule has 0 aliphatic heterocycles. The molecular weight excluding hydrogens is 252 g/mol. The Morgan fingerprint density at radius 1 is 0.947 bits per heavy atom. The summed E-state index contributed by atoms with van der Waals surface area (Å²) in [6.07, 6.45) is 1.31. The van der Waals surface area contributed by atoms with Crippen molar-refractivity contribution in [2.24, 2.45) is 0 Å². The molecule has 1 heterocycles. The molecule has 0 unspecified atom stereocenters. The number of nitro benzene ring substituents is 1. The quantitative estimate of drug-likeness (QED) is 0.668. The predicted octanol–water partition coefficient (Wildman–Crippen LogP) is 2.64. The molecule has 0 saturated heterocycles. The lowest BCUT2D eigenvalue weighted by atomic mass is 10.3. The van der Waals surface area contributed by atoms with Gasteiger partial charge in [-0.25, -0.2) is 4.98 Å². The fourth-order valence-corrected chi connectivity index (χ4v) is 1.42. The van der Waals surface area contributed by atoms with Crippen molar-refractivity contribution in [3.8, 4) is 0 Å². The smallest absolute Gasteiger partial charge is 0.274 e. The van der Waals surface area contributed by atoms with Gasteiger partial charge in [0.15, 0.2) is 0 Å². The fourth-order valence-electron chi connectivity index (χ4n) is 1.42. The zero-order valence-electron chi connectivity index (χ0n) is 9.52. The third-order valence-corrected chi connectivity index (χ3v) is 2.30. The number of nitrogens with zero attached hydrogens (tertiary/aromatic N) is 3. The minimum atomic E-state index is -0.525. The van der Waals surface area contributed by atoms with E-state index in [1.165, 1.54) is 42.6 Å². The average Bonchev–Trinajstić information content (AvgIpc) is 2.39. The van der Waals surface area contributed by atoms with Crippen molar-refractivity contribution >= 4 is 22.9 Å². The molecule has 8 nitrogen and oxygen atoms in total. The molecule has 8 heteroatoms. The molecule has 0 aliphatic rings. The third kappa shape index (κ3) is 3.00. The maximum atomic E-state index is 10.6. The predicted molar refractivity (Wildman–Crippen MR) is 67.3 cm³/mol. The summed E-state index contributed by atoms with van der Waals surface area (Å²) in [5, 5.41) is 23.9. The van der Waals surface area contributed by atoms with Crippen LogP contribution >= 0.6 is 0 Å². The Hall–Kier alpha value is -3.03. The van der Waals surface area contributed by atoms with Gasteiger partial charge in [-0.2, -0.15) is 0 Å². The number of anilines is 2. The van der Waals surface area contributed by atoms with E-state index in [2.05, 4.69) is 10.3 Å². The number of pyridine rings is 1. The lowest BCUT2D eigenvalue weighted by Gasteiger charge is -2.04. The minimum Gasteiger partial charge on any atom is -0.340 e. The highest BCUT2D eigenvalue weighted by molar-refractivity contribution is 5.59. The standard InChI is InChI=1S/C11H8N4O4/c16-14(17)9-3-1-8(2-4-9)13-11-7-10(15(18)19)5-6-12-11/h1-7H,(H,12,13). The molecule has 0 bridgehead atoms. The molecule has 0 radical (unpaired) electrons. The van der Waals surface area contributed by atoms with Crippen LogP contribution in [0, 0.1) is 20.2 Å². The van der Waals surface area contributed by atoms with Gasteiger partial charge in [0.05, 0.1) is 15.9 Å². The number of hydrogen-bond acceptors (Lipinski definition) is 6. The number of nitrogens with one attached hydrogen (secondary N) is 1. The molecule has 0 fully saturated rings. The van der Waals surface area contributed by atoms with Crippen LogP contribution in [0.3, 0.4) is 0 Å². The second-order valence-electron chi connectivity index (χ2n) is 3.59. The van der Waals surface area contributed by atoms with E-state index in [4.69, 9.17) is 0 Å². The number of non-ortho nitro benzene ring substituents is 1. The van der Waals surface area contributed by atoms with Crippen LogP contribution in [0.15, 0.2) is 42.6 Å². The number of benzene rings is 1. The largest absolute Gasteiger partial charge is 0.340 e. The van der Waals surface area contributed by atoms with Crippen LogP contribution in [0.1, 0.15) is 0 Å². The van der Waals surface area contributed by atoms with Crippen LogP contribution in [-0.2, 0) is 0 Å². The Balaban J connectivity index is 2.19. The molecule has 96 valence electrons. The summed E-state index contributed by atoms with van der Waals surface area (Å²) in [6.45, 7) is 0. The van der Waals surface area contributed by atoms with Crippen LogP contribution in [0.2, 0.25) is 0 Å². The van der Waals surface area contributed by atoms with E-state index in [0.717, 1.165) is 0 Å². The van der Waals surface area contributed by atoms with Crippen LogP contribution in [0.25, 0.3) is 0 Å². The van der Waals surface area contributed by atoms with Crippen molar-refractivity contribution in [2.45, 2.75) is 0 Å². The summed E-state index contributed by atoms with van der Waals surface area (Å²) in [6, 6.07) is 8.22. The number of hydrogen-bond donors (Lipinski definition) is 1. The first-order valence-corrected chi connectivity index (χ1v) is 5.18. The highest BCUT2D eigenvalue weighted by Crippen LogP contribution is 2.21. The van der Waals surface area contributed by atoms with Gasteiger partial charge in [-0.1, -0.05) is 0 Å². The van der Waals surface area contributed by atoms with Crippen LogP contribution in [-0.4, -0.2) is 14.8 Å². The van der Waals surface area contributed by atoms with Gasteiger partial charge >= 0.3 is 0 Å². The van der Waals surface area contributed by atoms with Crippen LogP contribution in [0.5, 0.6) is 0 Å². The Bertz CT molecular complexity index is 627. The van der Waals surface area contributed by atoms with Gasteiger partial charge in [0.1, 0.15) is 5.82 Å². The van der Waals surface area contributed by atoms with Crippen molar-refractivity contribution in [3.63, 3.8) is 0 Å². The van der Waals surface area contributed by atoms with Crippen LogP contribution in [0.4, 0.5) is 22.9 Å². The molecule has 0 spiro atoms. The minimum absolute atomic E-state index is 0.0300. The molecule has 0 aliphatic carbocycles. The van der Waals surface area contributed by atoms with Crippen LogP contribution < -0.4 is 5.32 Å². The van der Waals surface area contributed by atoms with Gasteiger partial charge in [0.25, 0.3) is 11.4 Å². The van der Waals surface area contributed by atoms with E-state index in [1.54, 1.807) is 0 Å². The second kappa shape index (κ2) is 5.08. The topological polar surface area (TPSA) is 111 Å². The highest BCUT2D eigenvalue weighted by atomic mass is 16.6. The van der Waals surface area contributed by atoms with Crippen molar-refractivity contribution in [1.82, 2.24) is 4.98 Å². The SMILES string of the molecule is O=[N+]([O-])c1ccc(Nc2cc([N+](=O)[O-])ccn2)cc1. The van der Waals surface area contributed by atoms with Gasteiger partial charge in [-0.3, -0.25) is 20.2 Å². The first-order valence-electron chi connectivity index (χ1n) is 5.18. The second-order valence-corrected chi connectivity index (χ2v) is 3.59. The summed E-state index contributed by atoms with van der Waals surface area (Å²) < 4.78 is 0. The van der Waals surface area contributed by atoms with Gasteiger partial charge < -0.3 is 5.32 Å². The Morgan fingerprint density at radius 3 is 2.16 bits per heavy atom. The Morgan fingerprint density at radius 2 is 1.58 bits per heavy atom. The first kappa shape index (κ1) is 12.4. The zero-order chi connectivity index (χ0) is 13.8. The summed E-state index contributed by atoms with van der Waals surface area (Å²) >= 11 is 0. The molecule has 2 rings (SSSR count). The monoisotopic (exact) mass is 260 g/mol. The average molecular weight is 260 g/mol. The van der Waals surface area contributed by atoms with E-state index in [0.29, 0.717) is 11.5 Å². The molecular formula is C11H8N4O4. The molecule has 0 amide bonds. The van der Waals surface area contributed by atoms with E-state index < -0.39 is 9.85 Å². The number of rotatable bonds is 4. The van der Waals surface area contributed by atoms with E-state index in [-0.39, 0.29) is 11.4 Å². The summed E-state index contributed by atoms with van der Waals surface area (Å²) in [5.74, 6) is 0.294. The number of aromatic nitrogens is 1. The molecule has 1 aromatic carbocycles. The zero-order valence-corrected chi connectivity index (χ0v) is 9.52. The molecule has 0 saturated carbocycles. The van der Waals surface area contributed by atoms with Crippen molar-refractivity contribution in [3.05, 3.63) is 62.8 Å². The van der Waals surface area contributed by atoms with Crippen molar-refractivity contribution < 1.29 is 9.85 Å². The normalized spacial score (nSPS) is 9.89. The van der Waals surface area contributed by atoms with Gasteiger partial charge in [0, 0.05) is 30.1 Å². The molecule has 2 aromatic rings. The molecule has 1 N–H and O–H groups in total. The first-order chi connectivity index (χ1) is 9.06. The molecule has 19 heavy (non-hydrogen) atoms. The fraction of sp³-hybridized carbons (Fsp3) is 0. The summed E-state index contributed by atoms with van der Waals surface area (Å²) in [5.41, 5.74) is 0.440. The number of nitro groups is 2. The molecule has 0 atom stereocenters. The molecule has 1 aromatic heterocycles. The van der Waals surface area contributed by atoms with E-state index in [9.17, 15) is 20.2 Å². The maximum absolute atomic E-state index is 10.6. The summed E-state index contributed by atoms with van der Waals surface area (Å²) in [4.78, 5) is 24.0.